The van der Waals surface area contributed by atoms with Gasteiger partial charge in [0.05, 0.1) is 26.8 Å². The Balaban J connectivity index is 1.38. The van der Waals surface area contributed by atoms with Crippen molar-refractivity contribution >= 4 is 91.3 Å². The predicted molar refractivity (Wildman–Crippen MR) is 198 cm³/mol. The molecule has 0 N–H and O–H groups in total. The van der Waals surface area contributed by atoms with Crippen LogP contribution >= 0.6 is 11.3 Å². The smallest absolute Gasteiger partial charge is 0.264 e. The van der Waals surface area contributed by atoms with Gasteiger partial charge in [0.1, 0.15) is 5.82 Å². The molecule has 7 aromatic carbocycles. The third kappa shape index (κ3) is 3.21. The molecule has 218 valence electrons. The topological polar surface area (TPSA) is 39.3 Å². The highest BCUT2D eigenvalue weighted by Crippen LogP contribution is 2.48. The van der Waals surface area contributed by atoms with Crippen molar-refractivity contribution in [1.29, 1.82) is 0 Å². The highest BCUT2D eigenvalue weighted by Gasteiger charge is 2.24. The third-order valence-electron chi connectivity index (χ3n) is 9.83. The number of para-hydroxylation sites is 1. The largest absolute Gasteiger partial charge is 0.308 e. The Hall–Kier alpha value is -6.04. The molecular formula is C42H23N3OS. The summed E-state index contributed by atoms with van der Waals surface area (Å²) in [6.07, 6.45) is 0. The minimum Gasteiger partial charge on any atom is -0.308 e. The van der Waals surface area contributed by atoms with Crippen LogP contribution in [-0.4, -0.2) is 14.0 Å². The second-order valence-electron chi connectivity index (χ2n) is 12.3. The van der Waals surface area contributed by atoms with Gasteiger partial charge in [0, 0.05) is 48.3 Å². The number of hydrogen-bond donors (Lipinski definition) is 0. The van der Waals surface area contributed by atoms with Crippen molar-refractivity contribution in [2.45, 2.75) is 0 Å². The highest BCUT2D eigenvalue weighted by atomic mass is 32.1. The van der Waals surface area contributed by atoms with E-state index in [1.54, 1.807) is 0 Å². The number of imidazole rings is 1. The number of hydrogen-bond acceptors (Lipinski definition) is 3. The minimum absolute atomic E-state index is 0.0440. The van der Waals surface area contributed by atoms with Gasteiger partial charge in [-0.15, -0.1) is 11.3 Å². The van der Waals surface area contributed by atoms with Gasteiger partial charge in [-0.25, -0.2) is 4.98 Å². The average molecular weight is 618 g/mol. The van der Waals surface area contributed by atoms with Gasteiger partial charge < -0.3 is 4.57 Å². The number of benzene rings is 7. The van der Waals surface area contributed by atoms with E-state index >= 15 is 0 Å². The molecule has 0 unspecified atom stereocenters. The minimum atomic E-state index is -0.0440. The number of fused-ring (bicyclic) bond motifs is 12. The Bertz CT molecular complexity index is 3150. The van der Waals surface area contributed by atoms with Crippen LogP contribution in [-0.2, 0) is 0 Å². The van der Waals surface area contributed by atoms with Crippen molar-refractivity contribution in [3.8, 4) is 17.1 Å². The lowest BCUT2D eigenvalue weighted by molar-refractivity contribution is 1.13. The van der Waals surface area contributed by atoms with Gasteiger partial charge in [-0.2, -0.15) is 0 Å². The number of pyridine rings is 1. The first kappa shape index (κ1) is 25.2. The molecule has 0 saturated heterocycles. The van der Waals surface area contributed by atoms with Crippen LogP contribution in [0.4, 0.5) is 0 Å². The van der Waals surface area contributed by atoms with Crippen molar-refractivity contribution in [1.82, 2.24) is 14.0 Å². The molecule has 4 nitrogen and oxygen atoms in total. The predicted octanol–water partition coefficient (Wildman–Crippen LogP) is 10.7. The molecular weight excluding hydrogens is 595 g/mol. The number of thiophene rings is 1. The summed E-state index contributed by atoms with van der Waals surface area (Å²) in [5.74, 6) is 0.665. The summed E-state index contributed by atoms with van der Waals surface area (Å²) in [5, 5.41) is 10.2. The van der Waals surface area contributed by atoms with Crippen LogP contribution in [0.5, 0.6) is 0 Å². The van der Waals surface area contributed by atoms with Crippen molar-refractivity contribution < 1.29 is 0 Å². The fourth-order valence-electron chi connectivity index (χ4n) is 7.93. The molecule has 0 bridgehead atoms. The Morgan fingerprint density at radius 1 is 0.532 bits per heavy atom. The molecule has 5 heteroatoms. The van der Waals surface area contributed by atoms with Crippen LogP contribution in [0.15, 0.2) is 144 Å². The van der Waals surface area contributed by atoms with Gasteiger partial charge in [-0.3, -0.25) is 9.20 Å². The maximum absolute atomic E-state index is 14.1. The Morgan fingerprint density at radius 3 is 1.98 bits per heavy atom. The molecule has 0 aliphatic heterocycles. The molecule has 4 aromatic heterocycles. The Labute approximate surface area is 271 Å². The molecule has 0 fully saturated rings. The highest BCUT2D eigenvalue weighted by molar-refractivity contribution is 7.27. The maximum atomic E-state index is 14.1. The molecule has 0 spiro atoms. The van der Waals surface area contributed by atoms with E-state index in [0.29, 0.717) is 11.2 Å². The van der Waals surface area contributed by atoms with Crippen molar-refractivity contribution in [3.05, 3.63) is 150 Å². The maximum Gasteiger partial charge on any atom is 0.264 e. The summed E-state index contributed by atoms with van der Waals surface area (Å²) in [4.78, 5) is 19.3. The summed E-state index contributed by atoms with van der Waals surface area (Å²) < 4.78 is 6.80. The van der Waals surface area contributed by atoms with Crippen LogP contribution in [0.25, 0.3) is 97.0 Å². The normalized spacial score (nSPS) is 12.3. The fourth-order valence-corrected chi connectivity index (χ4v) is 9.19. The standard InChI is InChI=1S/C42H23N3OS/c46-42-29-17-7-4-14-26(29)32-22-25(23-33-38(32)45(42)41(43-33)24-12-2-1-3-13-24)44-34-20-10-8-18-30(34)36-27-15-5-6-16-28(27)37-31-19-9-11-21-35(31)47-40(37)39(36)44/h1-23H. The van der Waals surface area contributed by atoms with E-state index in [1.165, 1.54) is 47.2 Å². The summed E-state index contributed by atoms with van der Waals surface area (Å²) in [7, 11) is 0. The van der Waals surface area contributed by atoms with E-state index in [1.807, 2.05) is 64.3 Å². The molecule has 4 heterocycles. The van der Waals surface area contributed by atoms with Crippen LogP contribution < -0.4 is 5.56 Å². The van der Waals surface area contributed by atoms with E-state index in [4.69, 9.17) is 4.98 Å². The summed E-state index contributed by atoms with van der Waals surface area (Å²) in [6, 6.07) is 48.7. The lowest BCUT2D eigenvalue weighted by Crippen LogP contribution is -2.14. The molecule has 47 heavy (non-hydrogen) atoms. The first-order chi connectivity index (χ1) is 23.3. The number of rotatable bonds is 2. The van der Waals surface area contributed by atoms with Crippen molar-refractivity contribution in [2.24, 2.45) is 0 Å². The van der Waals surface area contributed by atoms with E-state index < -0.39 is 0 Å². The molecule has 11 aromatic rings. The van der Waals surface area contributed by atoms with E-state index in [-0.39, 0.29) is 5.56 Å². The molecule has 0 aliphatic carbocycles. The second kappa shape index (κ2) is 9.03. The molecule has 0 saturated carbocycles. The first-order valence-electron chi connectivity index (χ1n) is 15.8. The van der Waals surface area contributed by atoms with Crippen LogP contribution in [0, 0.1) is 0 Å². The summed E-state index contributed by atoms with van der Waals surface area (Å²) in [5.41, 5.74) is 5.91. The van der Waals surface area contributed by atoms with Gasteiger partial charge in [0.2, 0.25) is 0 Å². The van der Waals surface area contributed by atoms with Gasteiger partial charge in [-0.1, -0.05) is 109 Å². The molecule has 0 atom stereocenters. The molecule has 0 radical (unpaired) electrons. The van der Waals surface area contributed by atoms with Crippen molar-refractivity contribution in [2.75, 3.05) is 0 Å². The Morgan fingerprint density at radius 2 is 1.17 bits per heavy atom. The zero-order chi connectivity index (χ0) is 30.8. The van der Waals surface area contributed by atoms with Gasteiger partial charge in [0.15, 0.2) is 0 Å². The summed E-state index contributed by atoms with van der Waals surface area (Å²) >= 11 is 1.86. The number of aromatic nitrogens is 3. The third-order valence-corrected chi connectivity index (χ3v) is 11.0. The van der Waals surface area contributed by atoms with Gasteiger partial charge in [-0.05, 0) is 46.5 Å². The van der Waals surface area contributed by atoms with Crippen LogP contribution in [0.2, 0.25) is 0 Å². The van der Waals surface area contributed by atoms with Gasteiger partial charge in [0.25, 0.3) is 5.56 Å². The SMILES string of the molecule is O=c1c2ccccc2c2cc(-n3c4ccccc4c4c5ccccc5c5c6ccccc6sc5c43)cc3nc(-c4ccccc4)n1c32. The lowest BCUT2D eigenvalue weighted by Gasteiger charge is -2.13. The van der Waals surface area contributed by atoms with Gasteiger partial charge >= 0.3 is 0 Å². The lowest BCUT2D eigenvalue weighted by atomic mass is 9.99. The zero-order valence-electron chi connectivity index (χ0n) is 24.9. The summed E-state index contributed by atoms with van der Waals surface area (Å²) in [6.45, 7) is 0. The zero-order valence-corrected chi connectivity index (χ0v) is 25.8. The van der Waals surface area contributed by atoms with E-state index in [2.05, 4.69) is 95.6 Å². The quantitative estimate of drug-likeness (QED) is 0.181. The molecule has 11 rings (SSSR count). The van der Waals surface area contributed by atoms with Crippen molar-refractivity contribution in [3.63, 3.8) is 0 Å². The van der Waals surface area contributed by atoms with Crippen LogP contribution in [0.3, 0.4) is 0 Å². The van der Waals surface area contributed by atoms with E-state index in [9.17, 15) is 4.79 Å². The monoisotopic (exact) mass is 617 g/mol. The number of nitrogens with zero attached hydrogens (tertiary/aromatic N) is 3. The second-order valence-corrected chi connectivity index (χ2v) is 13.3. The molecule has 0 amide bonds. The van der Waals surface area contributed by atoms with Crippen LogP contribution in [0.1, 0.15) is 0 Å². The average Bonchev–Trinajstić information content (AvgIpc) is 3.82. The Kier molecular flexibility index (Phi) is 4.84. The first-order valence-corrected chi connectivity index (χ1v) is 16.6. The molecule has 0 aliphatic rings. The van der Waals surface area contributed by atoms with E-state index in [0.717, 1.165) is 38.6 Å². The fraction of sp³-hybridized carbons (Fsp3) is 0.